The van der Waals surface area contributed by atoms with E-state index in [2.05, 4.69) is 20.2 Å². The molecule has 1 fully saturated rings. The van der Waals surface area contributed by atoms with E-state index in [9.17, 15) is 4.79 Å². The fraction of sp³-hybridized carbons (Fsp3) is 0.353. The van der Waals surface area contributed by atoms with E-state index in [0.29, 0.717) is 27.4 Å². The number of hydrogen-bond donors (Lipinski definition) is 1. The standard InChI is InChI=1S/C17H18Cl2N4O/c18-12-6-5-7-13(19)15(12)22-16(24)14-8-9-20-17(21-14)23-10-3-1-2-4-11-23/h5-9H,1-4,10-11H2,(H,22,24). The predicted molar refractivity (Wildman–Crippen MR) is 97.1 cm³/mol. The van der Waals surface area contributed by atoms with Gasteiger partial charge in [-0.3, -0.25) is 4.79 Å². The van der Waals surface area contributed by atoms with Crippen LogP contribution in [0.5, 0.6) is 0 Å². The summed E-state index contributed by atoms with van der Waals surface area (Å²) >= 11 is 12.2. The van der Waals surface area contributed by atoms with Crippen molar-refractivity contribution >= 4 is 40.7 Å². The second-order valence-corrected chi connectivity index (χ2v) is 6.51. The molecule has 0 saturated carbocycles. The molecule has 1 amide bonds. The summed E-state index contributed by atoms with van der Waals surface area (Å²) in [5, 5.41) is 3.50. The second-order valence-electron chi connectivity index (χ2n) is 5.69. The number of para-hydroxylation sites is 1. The molecule has 0 spiro atoms. The minimum Gasteiger partial charge on any atom is -0.341 e. The van der Waals surface area contributed by atoms with Crippen LogP contribution in [0.3, 0.4) is 0 Å². The summed E-state index contributed by atoms with van der Waals surface area (Å²) in [4.78, 5) is 23.3. The van der Waals surface area contributed by atoms with Gasteiger partial charge in [-0.15, -0.1) is 0 Å². The number of carbonyl (C=O) groups excluding carboxylic acids is 1. The highest BCUT2D eigenvalue weighted by Gasteiger charge is 2.16. The first-order chi connectivity index (χ1) is 11.6. The van der Waals surface area contributed by atoms with Crippen LogP contribution in [0.4, 0.5) is 11.6 Å². The number of nitrogens with zero attached hydrogens (tertiary/aromatic N) is 3. The van der Waals surface area contributed by atoms with Crippen LogP contribution < -0.4 is 10.2 Å². The minimum absolute atomic E-state index is 0.292. The van der Waals surface area contributed by atoms with Crippen LogP contribution >= 0.6 is 23.2 Å². The zero-order valence-corrected chi connectivity index (χ0v) is 14.6. The van der Waals surface area contributed by atoms with E-state index in [1.165, 1.54) is 12.8 Å². The molecule has 1 aliphatic heterocycles. The van der Waals surface area contributed by atoms with Crippen molar-refractivity contribution < 1.29 is 4.79 Å². The van der Waals surface area contributed by atoms with Gasteiger partial charge in [0.05, 0.1) is 15.7 Å². The Morgan fingerprint density at radius 2 is 1.71 bits per heavy atom. The highest BCUT2D eigenvalue weighted by molar-refractivity contribution is 6.39. The Balaban J connectivity index is 1.79. The van der Waals surface area contributed by atoms with Crippen molar-refractivity contribution in [1.29, 1.82) is 0 Å². The summed E-state index contributed by atoms with van der Waals surface area (Å²) in [7, 11) is 0. The maximum absolute atomic E-state index is 12.5. The van der Waals surface area contributed by atoms with Crippen molar-refractivity contribution in [3.63, 3.8) is 0 Å². The summed E-state index contributed by atoms with van der Waals surface area (Å²) in [6, 6.07) is 6.65. The van der Waals surface area contributed by atoms with Gasteiger partial charge < -0.3 is 10.2 Å². The average molecular weight is 365 g/mol. The zero-order chi connectivity index (χ0) is 16.9. The number of benzene rings is 1. The molecule has 1 saturated heterocycles. The average Bonchev–Trinajstić information content (AvgIpc) is 2.87. The fourth-order valence-electron chi connectivity index (χ4n) is 2.69. The molecular formula is C17H18Cl2N4O. The van der Waals surface area contributed by atoms with Crippen LogP contribution in [0.25, 0.3) is 0 Å². The zero-order valence-electron chi connectivity index (χ0n) is 13.1. The Hall–Kier alpha value is -1.85. The fourth-order valence-corrected chi connectivity index (χ4v) is 3.18. The molecule has 0 radical (unpaired) electrons. The molecular weight excluding hydrogens is 347 g/mol. The molecule has 0 atom stereocenters. The van der Waals surface area contributed by atoms with Gasteiger partial charge in [-0.25, -0.2) is 9.97 Å². The molecule has 2 aromatic rings. The highest BCUT2D eigenvalue weighted by Crippen LogP contribution is 2.30. The largest absolute Gasteiger partial charge is 0.341 e. The summed E-state index contributed by atoms with van der Waals surface area (Å²) in [6.07, 6.45) is 6.30. The van der Waals surface area contributed by atoms with Crippen LogP contribution in [0.2, 0.25) is 10.0 Å². The number of anilines is 2. The van der Waals surface area contributed by atoms with Gasteiger partial charge in [0.15, 0.2) is 0 Å². The summed E-state index contributed by atoms with van der Waals surface area (Å²) < 4.78 is 0. The molecule has 2 heterocycles. The van der Waals surface area contributed by atoms with Gasteiger partial charge in [0, 0.05) is 19.3 Å². The molecule has 1 N–H and O–H groups in total. The number of nitrogens with one attached hydrogen (secondary N) is 1. The van der Waals surface area contributed by atoms with E-state index in [0.717, 1.165) is 25.9 Å². The number of halogens is 2. The molecule has 7 heteroatoms. The first kappa shape index (κ1) is 17.0. The van der Waals surface area contributed by atoms with Gasteiger partial charge in [-0.2, -0.15) is 0 Å². The van der Waals surface area contributed by atoms with Crippen LogP contribution in [0.15, 0.2) is 30.5 Å². The number of hydrogen-bond acceptors (Lipinski definition) is 4. The van der Waals surface area contributed by atoms with E-state index in [-0.39, 0.29) is 5.91 Å². The Morgan fingerprint density at radius 1 is 1.04 bits per heavy atom. The summed E-state index contributed by atoms with van der Waals surface area (Å²) in [5.41, 5.74) is 0.681. The molecule has 1 aromatic carbocycles. The second kappa shape index (κ2) is 7.81. The first-order valence-electron chi connectivity index (χ1n) is 7.98. The lowest BCUT2D eigenvalue weighted by molar-refractivity contribution is 0.102. The van der Waals surface area contributed by atoms with E-state index in [4.69, 9.17) is 23.2 Å². The van der Waals surface area contributed by atoms with E-state index >= 15 is 0 Å². The summed E-state index contributed by atoms with van der Waals surface area (Å²) in [6.45, 7) is 1.84. The van der Waals surface area contributed by atoms with Gasteiger partial charge in [0.25, 0.3) is 5.91 Å². The number of carbonyl (C=O) groups is 1. The Labute approximate surface area is 151 Å². The number of amides is 1. The predicted octanol–water partition coefficient (Wildman–Crippen LogP) is 4.42. The Bertz CT molecular complexity index is 710. The minimum atomic E-state index is -0.358. The lowest BCUT2D eigenvalue weighted by Gasteiger charge is -2.20. The molecule has 1 aromatic heterocycles. The van der Waals surface area contributed by atoms with Crippen molar-refractivity contribution in [2.24, 2.45) is 0 Å². The van der Waals surface area contributed by atoms with Crippen molar-refractivity contribution in [2.45, 2.75) is 25.7 Å². The quantitative estimate of drug-likeness (QED) is 0.875. The van der Waals surface area contributed by atoms with E-state index in [1.54, 1.807) is 30.5 Å². The van der Waals surface area contributed by atoms with Crippen molar-refractivity contribution in [3.8, 4) is 0 Å². The first-order valence-corrected chi connectivity index (χ1v) is 8.74. The Morgan fingerprint density at radius 3 is 2.38 bits per heavy atom. The monoisotopic (exact) mass is 364 g/mol. The molecule has 0 unspecified atom stereocenters. The van der Waals surface area contributed by atoms with Crippen LogP contribution in [0.1, 0.15) is 36.2 Å². The van der Waals surface area contributed by atoms with Gasteiger partial charge in [0.2, 0.25) is 5.95 Å². The smallest absolute Gasteiger partial charge is 0.274 e. The molecule has 1 aliphatic rings. The highest BCUT2D eigenvalue weighted by atomic mass is 35.5. The molecule has 3 rings (SSSR count). The van der Waals surface area contributed by atoms with Crippen molar-refractivity contribution in [3.05, 3.63) is 46.2 Å². The third kappa shape index (κ3) is 3.97. The van der Waals surface area contributed by atoms with Gasteiger partial charge in [-0.05, 0) is 31.0 Å². The van der Waals surface area contributed by atoms with Gasteiger partial charge in [0.1, 0.15) is 5.69 Å². The van der Waals surface area contributed by atoms with Crippen LogP contribution in [-0.2, 0) is 0 Å². The third-order valence-electron chi connectivity index (χ3n) is 3.97. The van der Waals surface area contributed by atoms with E-state index < -0.39 is 0 Å². The molecule has 5 nitrogen and oxygen atoms in total. The van der Waals surface area contributed by atoms with Gasteiger partial charge >= 0.3 is 0 Å². The number of rotatable bonds is 3. The molecule has 0 aliphatic carbocycles. The van der Waals surface area contributed by atoms with E-state index in [1.807, 2.05) is 0 Å². The van der Waals surface area contributed by atoms with Crippen molar-refractivity contribution in [1.82, 2.24) is 9.97 Å². The van der Waals surface area contributed by atoms with Gasteiger partial charge in [-0.1, -0.05) is 42.1 Å². The maximum Gasteiger partial charge on any atom is 0.274 e. The molecule has 24 heavy (non-hydrogen) atoms. The maximum atomic E-state index is 12.5. The van der Waals surface area contributed by atoms with Crippen molar-refractivity contribution in [2.75, 3.05) is 23.3 Å². The topological polar surface area (TPSA) is 58.1 Å². The van der Waals surface area contributed by atoms with Crippen LogP contribution in [-0.4, -0.2) is 29.0 Å². The normalized spacial score (nSPS) is 15.0. The Kier molecular flexibility index (Phi) is 5.53. The lowest BCUT2D eigenvalue weighted by Crippen LogP contribution is -2.27. The molecule has 0 bridgehead atoms. The third-order valence-corrected chi connectivity index (χ3v) is 4.60. The summed E-state index contributed by atoms with van der Waals surface area (Å²) in [5.74, 6) is 0.235. The number of aromatic nitrogens is 2. The lowest BCUT2D eigenvalue weighted by atomic mass is 10.2. The molecule has 126 valence electrons. The SMILES string of the molecule is O=C(Nc1c(Cl)cccc1Cl)c1ccnc(N2CCCCCC2)n1. The van der Waals surface area contributed by atoms with Crippen LogP contribution in [0, 0.1) is 0 Å².